The zero-order chi connectivity index (χ0) is 13.3. The highest BCUT2D eigenvalue weighted by Gasteiger charge is 2.42. The monoisotopic (exact) mass is 260 g/mol. The number of primary amides is 1. The van der Waals surface area contributed by atoms with Crippen LogP contribution in [0.5, 0.6) is 0 Å². The van der Waals surface area contributed by atoms with Gasteiger partial charge in [-0.15, -0.1) is 0 Å². The van der Waals surface area contributed by atoms with Crippen molar-refractivity contribution >= 4 is 5.91 Å². The number of carbonyl (C=O) groups excluding carboxylic acids is 1. The number of nitrogens with zero attached hydrogens (tertiary/aromatic N) is 1. The molecule has 4 heteroatoms. The maximum atomic E-state index is 10.8. The van der Waals surface area contributed by atoms with Crippen LogP contribution in [-0.4, -0.2) is 30.4 Å². The summed E-state index contributed by atoms with van der Waals surface area (Å²) >= 11 is 0. The first-order valence-corrected chi connectivity index (χ1v) is 6.93. The number of amides is 1. The molecule has 0 saturated carbocycles. The van der Waals surface area contributed by atoms with Crippen LogP contribution >= 0.6 is 0 Å². The Morgan fingerprint density at radius 3 is 2.79 bits per heavy atom. The van der Waals surface area contributed by atoms with Gasteiger partial charge in [0.25, 0.3) is 0 Å². The summed E-state index contributed by atoms with van der Waals surface area (Å²) in [6, 6.07) is 8.52. The molecule has 2 heterocycles. The molecule has 1 fully saturated rings. The number of hydrogen-bond donors (Lipinski definition) is 1. The Morgan fingerprint density at radius 2 is 2.05 bits per heavy atom. The third-order valence-electron chi connectivity index (χ3n) is 4.35. The molecule has 2 aliphatic heterocycles. The molecule has 4 nitrogen and oxygen atoms in total. The molecule has 1 aromatic carbocycles. The second kappa shape index (κ2) is 4.94. The van der Waals surface area contributed by atoms with Gasteiger partial charge in [-0.2, -0.15) is 0 Å². The van der Waals surface area contributed by atoms with Crippen LogP contribution < -0.4 is 5.73 Å². The second-order valence-electron chi connectivity index (χ2n) is 5.50. The second-order valence-corrected chi connectivity index (χ2v) is 5.50. The van der Waals surface area contributed by atoms with Gasteiger partial charge in [0.1, 0.15) is 0 Å². The highest BCUT2D eigenvalue weighted by atomic mass is 16.5. The SMILES string of the molecule is NC(=O)CCN1CCC2(CC1)OCc1ccccc12. The number of nitrogens with two attached hydrogens (primary N) is 1. The molecular weight excluding hydrogens is 240 g/mol. The summed E-state index contributed by atoms with van der Waals surface area (Å²) in [7, 11) is 0. The van der Waals surface area contributed by atoms with Gasteiger partial charge in [0.15, 0.2) is 0 Å². The standard InChI is InChI=1S/C15H20N2O2/c16-14(18)5-8-17-9-6-15(7-10-17)13-4-2-1-3-12(13)11-19-15/h1-4H,5-11H2,(H2,16,18). The Balaban J connectivity index is 1.66. The highest BCUT2D eigenvalue weighted by molar-refractivity contribution is 5.73. The molecule has 0 aromatic heterocycles. The lowest BCUT2D eigenvalue weighted by atomic mass is 9.84. The van der Waals surface area contributed by atoms with E-state index in [4.69, 9.17) is 10.5 Å². The van der Waals surface area contributed by atoms with Crippen LogP contribution in [0.3, 0.4) is 0 Å². The third kappa shape index (κ3) is 2.38. The summed E-state index contributed by atoms with van der Waals surface area (Å²) < 4.78 is 6.11. The smallest absolute Gasteiger partial charge is 0.218 e. The lowest BCUT2D eigenvalue weighted by Crippen LogP contribution is -2.43. The van der Waals surface area contributed by atoms with E-state index in [2.05, 4.69) is 29.2 Å². The fraction of sp³-hybridized carbons (Fsp3) is 0.533. The molecule has 1 spiro atoms. The van der Waals surface area contributed by atoms with Crippen molar-refractivity contribution in [1.82, 2.24) is 4.90 Å². The Kier molecular flexibility index (Phi) is 3.29. The van der Waals surface area contributed by atoms with E-state index in [9.17, 15) is 4.79 Å². The lowest BCUT2D eigenvalue weighted by molar-refractivity contribution is -0.118. The van der Waals surface area contributed by atoms with Crippen molar-refractivity contribution in [2.45, 2.75) is 31.5 Å². The molecule has 0 bridgehead atoms. The Morgan fingerprint density at radius 1 is 1.32 bits per heavy atom. The van der Waals surface area contributed by atoms with Crippen LogP contribution in [0.4, 0.5) is 0 Å². The van der Waals surface area contributed by atoms with Crippen molar-refractivity contribution in [3.05, 3.63) is 35.4 Å². The first-order chi connectivity index (χ1) is 9.20. The lowest BCUT2D eigenvalue weighted by Gasteiger charge is -2.39. The molecule has 2 N–H and O–H groups in total. The molecule has 1 amide bonds. The largest absolute Gasteiger partial charge is 0.370 e. The van der Waals surface area contributed by atoms with Gasteiger partial charge in [-0.25, -0.2) is 0 Å². The number of hydrogen-bond acceptors (Lipinski definition) is 3. The number of likely N-dealkylation sites (tertiary alicyclic amines) is 1. The number of carbonyl (C=O) groups is 1. The maximum Gasteiger partial charge on any atom is 0.218 e. The minimum Gasteiger partial charge on any atom is -0.370 e. The number of benzene rings is 1. The van der Waals surface area contributed by atoms with Gasteiger partial charge in [-0.3, -0.25) is 4.79 Å². The van der Waals surface area contributed by atoms with Crippen LogP contribution in [-0.2, 0) is 21.7 Å². The van der Waals surface area contributed by atoms with Gasteiger partial charge in [0, 0.05) is 26.1 Å². The Bertz CT molecular complexity index is 479. The van der Waals surface area contributed by atoms with Crippen molar-refractivity contribution in [2.75, 3.05) is 19.6 Å². The van der Waals surface area contributed by atoms with Gasteiger partial charge in [-0.05, 0) is 24.0 Å². The molecule has 102 valence electrons. The molecule has 1 aromatic rings. The first kappa shape index (κ1) is 12.6. The van der Waals surface area contributed by atoms with Crippen molar-refractivity contribution in [3.8, 4) is 0 Å². The number of piperidine rings is 1. The molecule has 3 rings (SSSR count). The average molecular weight is 260 g/mol. The van der Waals surface area contributed by atoms with Crippen LogP contribution in [0.2, 0.25) is 0 Å². The zero-order valence-electron chi connectivity index (χ0n) is 11.1. The summed E-state index contributed by atoms with van der Waals surface area (Å²) in [5, 5.41) is 0. The third-order valence-corrected chi connectivity index (χ3v) is 4.35. The van der Waals surface area contributed by atoms with Gasteiger partial charge in [0.05, 0.1) is 12.2 Å². The summed E-state index contributed by atoms with van der Waals surface area (Å²) in [6.45, 7) is 3.45. The van der Waals surface area contributed by atoms with Gasteiger partial charge in [-0.1, -0.05) is 24.3 Å². The van der Waals surface area contributed by atoms with E-state index in [0.29, 0.717) is 6.42 Å². The average Bonchev–Trinajstić information content (AvgIpc) is 2.78. The van der Waals surface area contributed by atoms with E-state index in [0.717, 1.165) is 39.1 Å². The predicted molar refractivity (Wildman–Crippen MR) is 72.4 cm³/mol. The Labute approximate surface area is 113 Å². The normalized spacial score (nSPS) is 21.5. The summed E-state index contributed by atoms with van der Waals surface area (Å²) in [5.41, 5.74) is 7.81. The quantitative estimate of drug-likeness (QED) is 0.893. The predicted octanol–water partition coefficient (Wildman–Crippen LogP) is 1.38. The summed E-state index contributed by atoms with van der Waals surface area (Å²) in [6.07, 6.45) is 2.45. The topological polar surface area (TPSA) is 55.6 Å². The number of fused-ring (bicyclic) bond motifs is 2. The summed E-state index contributed by atoms with van der Waals surface area (Å²) in [4.78, 5) is 13.1. The zero-order valence-corrected chi connectivity index (χ0v) is 11.1. The molecule has 0 unspecified atom stereocenters. The minimum atomic E-state index is -0.220. The van der Waals surface area contributed by atoms with E-state index < -0.39 is 0 Å². The maximum absolute atomic E-state index is 10.8. The van der Waals surface area contributed by atoms with Crippen molar-refractivity contribution < 1.29 is 9.53 Å². The van der Waals surface area contributed by atoms with Gasteiger partial charge < -0.3 is 15.4 Å². The molecule has 2 aliphatic rings. The fourth-order valence-electron chi connectivity index (χ4n) is 3.20. The van der Waals surface area contributed by atoms with Crippen LogP contribution in [0.25, 0.3) is 0 Å². The number of ether oxygens (including phenoxy) is 1. The molecule has 0 atom stereocenters. The molecule has 19 heavy (non-hydrogen) atoms. The van der Waals surface area contributed by atoms with E-state index in [1.54, 1.807) is 0 Å². The van der Waals surface area contributed by atoms with Crippen LogP contribution in [0.1, 0.15) is 30.4 Å². The first-order valence-electron chi connectivity index (χ1n) is 6.93. The Hall–Kier alpha value is -1.39. The number of rotatable bonds is 3. The van der Waals surface area contributed by atoms with E-state index in [1.165, 1.54) is 11.1 Å². The van der Waals surface area contributed by atoms with E-state index in [-0.39, 0.29) is 11.5 Å². The van der Waals surface area contributed by atoms with Crippen molar-refractivity contribution in [1.29, 1.82) is 0 Å². The molecule has 0 aliphatic carbocycles. The van der Waals surface area contributed by atoms with Gasteiger partial charge in [0.2, 0.25) is 5.91 Å². The van der Waals surface area contributed by atoms with E-state index in [1.807, 2.05) is 0 Å². The highest BCUT2D eigenvalue weighted by Crippen LogP contribution is 2.43. The minimum absolute atomic E-state index is 0.0835. The van der Waals surface area contributed by atoms with Gasteiger partial charge >= 0.3 is 0 Å². The van der Waals surface area contributed by atoms with Crippen LogP contribution in [0, 0.1) is 0 Å². The van der Waals surface area contributed by atoms with E-state index >= 15 is 0 Å². The van der Waals surface area contributed by atoms with Crippen molar-refractivity contribution in [3.63, 3.8) is 0 Å². The molecule has 1 saturated heterocycles. The summed E-state index contributed by atoms with van der Waals surface area (Å²) in [5.74, 6) is -0.220. The molecule has 0 radical (unpaired) electrons. The fourth-order valence-corrected chi connectivity index (χ4v) is 3.20. The molecular formula is C15H20N2O2. The van der Waals surface area contributed by atoms with Crippen LogP contribution in [0.15, 0.2) is 24.3 Å². The van der Waals surface area contributed by atoms with Crippen molar-refractivity contribution in [2.24, 2.45) is 5.73 Å².